The van der Waals surface area contributed by atoms with Gasteiger partial charge in [0.15, 0.2) is 17.3 Å². The van der Waals surface area contributed by atoms with Crippen molar-refractivity contribution in [3.63, 3.8) is 0 Å². The van der Waals surface area contributed by atoms with Crippen LogP contribution in [0.15, 0.2) is 48.8 Å². The van der Waals surface area contributed by atoms with Gasteiger partial charge in [0.1, 0.15) is 18.2 Å². The summed E-state index contributed by atoms with van der Waals surface area (Å²) in [5.74, 6) is 2.28. The van der Waals surface area contributed by atoms with Crippen molar-refractivity contribution in [2.24, 2.45) is 0 Å². The minimum absolute atomic E-state index is 0.548. The summed E-state index contributed by atoms with van der Waals surface area (Å²) in [5, 5.41) is 14.2. The molecule has 0 saturated heterocycles. The van der Waals surface area contributed by atoms with Crippen LogP contribution in [0.4, 0.5) is 0 Å². The third-order valence-electron chi connectivity index (χ3n) is 4.68. The molecule has 0 bridgehead atoms. The quantitative estimate of drug-likeness (QED) is 0.471. The van der Waals surface area contributed by atoms with Gasteiger partial charge < -0.3 is 14.0 Å². The smallest absolute Gasteiger partial charge is 0.235 e. The van der Waals surface area contributed by atoms with Crippen molar-refractivity contribution < 1.29 is 9.47 Å². The summed E-state index contributed by atoms with van der Waals surface area (Å²) in [6.07, 6.45) is 1.82. The molecule has 0 saturated carbocycles. The molecule has 4 heterocycles. The molecule has 0 fully saturated rings. The van der Waals surface area contributed by atoms with Crippen LogP contribution in [0.5, 0.6) is 11.5 Å². The van der Waals surface area contributed by atoms with Crippen LogP contribution >= 0.6 is 11.3 Å². The summed E-state index contributed by atoms with van der Waals surface area (Å²) in [5.41, 5.74) is 2.99. The number of aromatic nitrogens is 6. The number of para-hydroxylation sites is 2. The molecule has 0 amide bonds. The van der Waals surface area contributed by atoms with E-state index in [-0.39, 0.29) is 0 Å². The Kier molecular flexibility index (Phi) is 3.36. The maximum absolute atomic E-state index is 5.68. The average molecular weight is 390 g/mol. The molecule has 3 aromatic heterocycles. The zero-order valence-corrected chi connectivity index (χ0v) is 15.5. The van der Waals surface area contributed by atoms with Gasteiger partial charge >= 0.3 is 0 Å². The van der Waals surface area contributed by atoms with E-state index < -0.39 is 0 Å². The largest absolute Gasteiger partial charge is 0.486 e. The van der Waals surface area contributed by atoms with Gasteiger partial charge in [0, 0.05) is 5.56 Å². The molecule has 0 spiro atoms. The zero-order valence-electron chi connectivity index (χ0n) is 14.6. The van der Waals surface area contributed by atoms with Gasteiger partial charge in [-0.05, 0) is 30.3 Å². The summed E-state index contributed by atoms with van der Waals surface area (Å²) in [6.45, 7) is 1.69. The molecule has 0 radical (unpaired) electrons. The predicted molar refractivity (Wildman–Crippen MR) is 104 cm³/mol. The fourth-order valence-corrected chi connectivity index (χ4v) is 4.19. The van der Waals surface area contributed by atoms with Crippen molar-refractivity contribution in [2.75, 3.05) is 13.2 Å². The number of imidazole rings is 1. The third-order valence-corrected chi connectivity index (χ3v) is 5.63. The highest BCUT2D eigenvalue weighted by molar-refractivity contribution is 7.19. The van der Waals surface area contributed by atoms with Crippen LogP contribution in [-0.2, 0) is 6.54 Å². The molecular formula is C19H14N6O2S. The van der Waals surface area contributed by atoms with E-state index in [1.165, 1.54) is 11.3 Å². The summed E-state index contributed by atoms with van der Waals surface area (Å²) in [6, 6.07) is 13.9. The molecule has 0 atom stereocenters. The Morgan fingerprint density at radius 2 is 1.89 bits per heavy atom. The van der Waals surface area contributed by atoms with Gasteiger partial charge in [0.05, 0.1) is 23.9 Å². The molecule has 28 heavy (non-hydrogen) atoms. The number of benzene rings is 2. The Bertz CT molecular complexity index is 1320. The first-order valence-corrected chi connectivity index (χ1v) is 9.68. The number of fused-ring (bicyclic) bond motifs is 3. The van der Waals surface area contributed by atoms with Gasteiger partial charge in [-0.3, -0.25) is 0 Å². The van der Waals surface area contributed by atoms with Gasteiger partial charge in [-0.15, -0.1) is 10.2 Å². The van der Waals surface area contributed by atoms with Crippen LogP contribution in [0.3, 0.4) is 0 Å². The molecule has 8 nitrogen and oxygen atoms in total. The van der Waals surface area contributed by atoms with Gasteiger partial charge in [0.2, 0.25) is 4.96 Å². The highest BCUT2D eigenvalue weighted by Gasteiger charge is 2.17. The Labute approximate surface area is 163 Å². The Morgan fingerprint density at radius 1 is 1.00 bits per heavy atom. The molecule has 138 valence electrons. The van der Waals surface area contributed by atoms with Crippen LogP contribution < -0.4 is 9.47 Å². The van der Waals surface area contributed by atoms with E-state index in [2.05, 4.69) is 19.7 Å². The van der Waals surface area contributed by atoms with Gasteiger partial charge in [-0.1, -0.05) is 23.5 Å². The van der Waals surface area contributed by atoms with Crippen molar-refractivity contribution in [3.8, 4) is 22.1 Å². The molecule has 1 aliphatic rings. The van der Waals surface area contributed by atoms with Gasteiger partial charge in [-0.25, -0.2) is 4.98 Å². The van der Waals surface area contributed by atoms with Crippen molar-refractivity contribution >= 4 is 27.3 Å². The van der Waals surface area contributed by atoms with E-state index in [0.717, 1.165) is 43.9 Å². The van der Waals surface area contributed by atoms with E-state index in [9.17, 15) is 0 Å². The first-order valence-electron chi connectivity index (χ1n) is 8.86. The minimum Gasteiger partial charge on any atom is -0.486 e. The van der Waals surface area contributed by atoms with Crippen LogP contribution in [0.1, 0.15) is 5.82 Å². The molecule has 9 heteroatoms. The first-order chi connectivity index (χ1) is 13.8. The van der Waals surface area contributed by atoms with E-state index in [0.29, 0.717) is 19.8 Å². The monoisotopic (exact) mass is 390 g/mol. The molecule has 0 N–H and O–H groups in total. The summed E-state index contributed by atoms with van der Waals surface area (Å²) in [7, 11) is 0. The zero-order chi connectivity index (χ0) is 18.5. The maximum atomic E-state index is 5.68. The standard InChI is InChI=1S/C19H14N6O2S/c1-2-4-14-13(3-1)20-11-24(14)10-17-21-22-19-25(17)23-18(28-19)12-5-6-15-16(9-12)27-8-7-26-15/h1-6,9,11H,7-8,10H2. The lowest BCUT2D eigenvalue weighted by Gasteiger charge is -2.18. The molecule has 0 aliphatic carbocycles. The molecule has 1 aliphatic heterocycles. The lowest BCUT2D eigenvalue weighted by atomic mass is 10.2. The van der Waals surface area contributed by atoms with E-state index in [1.807, 2.05) is 48.8 Å². The van der Waals surface area contributed by atoms with E-state index >= 15 is 0 Å². The van der Waals surface area contributed by atoms with Crippen molar-refractivity contribution in [3.05, 3.63) is 54.6 Å². The molecular weight excluding hydrogens is 376 g/mol. The Hall–Kier alpha value is -3.46. The van der Waals surface area contributed by atoms with Gasteiger partial charge in [-0.2, -0.15) is 9.61 Å². The van der Waals surface area contributed by atoms with Crippen LogP contribution in [0.2, 0.25) is 0 Å². The molecule has 2 aromatic carbocycles. The molecule has 5 aromatic rings. The van der Waals surface area contributed by atoms with Crippen LogP contribution in [0.25, 0.3) is 26.6 Å². The number of hydrogen-bond donors (Lipinski definition) is 0. The normalized spacial score (nSPS) is 13.4. The minimum atomic E-state index is 0.548. The average Bonchev–Trinajstić information content (AvgIpc) is 3.44. The SMILES string of the molecule is c1ccc2c(c1)ncn2Cc1nnc2sc(-c3ccc4c(c3)OCCO4)nn12. The third kappa shape index (κ3) is 2.43. The van der Waals surface area contributed by atoms with Crippen LogP contribution in [0, 0.1) is 0 Å². The van der Waals surface area contributed by atoms with E-state index in [1.54, 1.807) is 4.52 Å². The second kappa shape index (κ2) is 6.03. The second-order valence-corrected chi connectivity index (χ2v) is 7.39. The van der Waals surface area contributed by atoms with Crippen molar-refractivity contribution in [2.45, 2.75) is 6.54 Å². The number of ether oxygens (including phenoxy) is 2. The summed E-state index contributed by atoms with van der Waals surface area (Å²) < 4.78 is 15.1. The molecule has 0 unspecified atom stereocenters. The maximum Gasteiger partial charge on any atom is 0.235 e. The number of hydrogen-bond acceptors (Lipinski definition) is 7. The fraction of sp³-hybridized carbons (Fsp3) is 0.158. The predicted octanol–water partition coefficient (Wildman–Crippen LogP) is 3.02. The molecule has 6 rings (SSSR count). The topological polar surface area (TPSA) is 79.4 Å². The highest BCUT2D eigenvalue weighted by Crippen LogP contribution is 2.35. The Morgan fingerprint density at radius 3 is 2.86 bits per heavy atom. The van der Waals surface area contributed by atoms with Crippen molar-refractivity contribution in [1.82, 2.24) is 29.4 Å². The lowest BCUT2D eigenvalue weighted by molar-refractivity contribution is 0.171. The summed E-state index contributed by atoms with van der Waals surface area (Å²) >= 11 is 1.50. The second-order valence-electron chi connectivity index (χ2n) is 6.44. The van der Waals surface area contributed by atoms with Gasteiger partial charge in [0.25, 0.3) is 0 Å². The summed E-state index contributed by atoms with van der Waals surface area (Å²) in [4.78, 5) is 5.19. The van der Waals surface area contributed by atoms with Crippen molar-refractivity contribution in [1.29, 1.82) is 0 Å². The first kappa shape index (κ1) is 15.6. The van der Waals surface area contributed by atoms with Crippen LogP contribution in [-0.4, -0.2) is 42.6 Å². The number of nitrogens with zero attached hydrogens (tertiary/aromatic N) is 6. The van der Waals surface area contributed by atoms with E-state index in [4.69, 9.17) is 14.6 Å². The lowest BCUT2D eigenvalue weighted by Crippen LogP contribution is -2.15. The number of rotatable bonds is 3. The Balaban J connectivity index is 1.38. The highest BCUT2D eigenvalue weighted by atomic mass is 32.1. The fourth-order valence-electron chi connectivity index (χ4n) is 3.34.